The number of rotatable bonds is 6. The molecule has 1 aromatic heterocycles. The number of hydrogen-bond acceptors (Lipinski definition) is 4. The Kier molecular flexibility index (Phi) is 6.69. The van der Waals surface area contributed by atoms with Crippen molar-refractivity contribution in [1.82, 2.24) is 9.47 Å². The van der Waals surface area contributed by atoms with E-state index in [4.69, 9.17) is 0 Å². The second kappa shape index (κ2) is 9.15. The third-order valence-electron chi connectivity index (χ3n) is 5.32. The number of nitrogens with one attached hydrogen (secondary N) is 1. The Labute approximate surface area is 188 Å². The van der Waals surface area contributed by atoms with Crippen molar-refractivity contribution >= 4 is 40.6 Å². The summed E-state index contributed by atoms with van der Waals surface area (Å²) >= 11 is -2.95. The number of carboxylic acids is 1. The quantitative estimate of drug-likeness (QED) is 0.455. The van der Waals surface area contributed by atoms with Crippen molar-refractivity contribution in [3.8, 4) is 0 Å². The van der Waals surface area contributed by atoms with Gasteiger partial charge in [0.15, 0.2) is 5.82 Å². The second-order valence-electron chi connectivity index (χ2n) is 7.46. The molecule has 3 atom stereocenters. The minimum Gasteiger partial charge on any atom is -0.481 e. The lowest BCUT2D eigenvalue weighted by molar-refractivity contribution is -0.141. The second-order valence-corrected chi connectivity index (χ2v) is 8.32. The number of aromatic nitrogens is 1. The van der Waals surface area contributed by atoms with Gasteiger partial charge in [0.2, 0.25) is 0 Å². The van der Waals surface area contributed by atoms with Crippen molar-refractivity contribution in [2.24, 2.45) is 13.0 Å². The van der Waals surface area contributed by atoms with Gasteiger partial charge in [-0.3, -0.25) is 18.4 Å². The number of likely N-dealkylation sites (tertiary alicyclic amines) is 1. The van der Waals surface area contributed by atoms with Gasteiger partial charge in [-0.15, -0.1) is 0 Å². The van der Waals surface area contributed by atoms with Crippen LogP contribution in [0.1, 0.15) is 16.1 Å². The van der Waals surface area contributed by atoms with Crippen LogP contribution in [-0.2, 0) is 23.1 Å². The van der Waals surface area contributed by atoms with Crippen molar-refractivity contribution in [3.63, 3.8) is 0 Å². The topological polar surface area (TPSA) is 152 Å². The molecular formula is C19H20F2N4O7S. The Morgan fingerprint density at radius 2 is 1.88 bits per heavy atom. The summed E-state index contributed by atoms with van der Waals surface area (Å²) in [6.45, 7) is 0.541. The number of hydrogen-bond donors (Lipinski definition) is 4. The van der Waals surface area contributed by atoms with Crippen LogP contribution in [-0.4, -0.2) is 65.5 Å². The van der Waals surface area contributed by atoms with Gasteiger partial charge in [0.1, 0.15) is 17.2 Å². The lowest BCUT2D eigenvalue weighted by atomic mass is 10.0. The van der Waals surface area contributed by atoms with Gasteiger partial charge in [0.25, 0.3) is 17.2 Å². The molecule has 0 aliphatic carbocycles. The molecule has 1 fully saturated rings. The highest BCUT2D eigenvalue weighted by Gasteiger charge is 2.46. The smallest absolute Gasteiger partial charge is 0.407 e. The molecule has 178 valence electrons. The number of benzene rings is 1. The van der Waals surface area contributed by atoms with E-state index in [1.807, 2.05) is 0 Å². The van der Waals surface area contributed by atoms with Gasteiger partial charge in [-0.05, 0) is 30.7 Å². The normalized spacial score (nSPS) is 18.8. The lowest BCUT2D eigenvalue weighted by Crippen LogP contribution is -2.45. The van der Waals surface area contributed by atoms with Gasteiger partial charge in [-0.1, -0.05) is 0 Å². The highest BCUT2D eigenvalue weighted by Crippen LogP contribution is 2.33. The molecule has 0 bridgehead atoms. The van der Waals surface area contributed by atoms with Gasteiger partial charge in [-0.25, -0.2) is 17.8 Å². The van der Waals surface area contributed by atoms with Crippen LogP contribution in [0.25, 0.3) is 0 Å². The van der Waals surface area contributed by atoms with Gasteiger partial charge < -0.3 is 25.0 Å². The van der Waals surface area contributed by atoms with E-state index in [1.165, 1.54) is 26.1 Å². The Balaban J connectivity index is 1.97. The fraction of sp³-hybridized carbons (Fsp3) is 0.316. The van der Waals surface area contributed by atoms with Crippen LogP contribution in [0.5, 0.6) is 0 Å². The van der Waals surface area contributed by atoms with Crippen LogP contribution in [0.15, 0.2) is 24.4 Å². The molecule has 0 radical (unpaired) electrons. The number of anilines is 2. The van der Waals surface area contributed by atoms with Crippen LogP contribution in [0.3, 0.4) is 0 Å². The summed E-state index contributed by atoms with van der Waals surface area (Å²) in [5, 5.41) is 21.1. The summed E-state index contributed by atoms with van der Waals surface area (Å²) in [7, 11) is 1.29. The third-order valence-corrected chi connectivity index (χ3v) is 6.12. The largest absolute Gasteiger partial charge is 0.481 e. The first kappa shape index (κ1) is 24.1. The predicted molar refractivity (Wildman–Crippen MR) is 112 cm³/mol. The maximum absolute atomic E-state index is 15.3. The SMILES string of the molecule is Cc1cc(NC(=O)c2c(F)c(N([C@H]3CN(C(=O)O)C[C@@H]3C(=O)O)S(=O)O)cn2C)ccc1F. The first-order valence-corrected chi connectivity index (χ1v) is 10.5. The molecule has 1 aliphatic heterocycles. The Morgan fingerprint density at radius 1 is 1.21 bits per heavy atom. The Bertz CT molecular complexity index is 1160. The average molecular weight is 486 g/mol. The summed E-state index contributed by atoms with van der Waals surface area (Å²) in [6.07, 6.45) is -0.410. The minimum atomic E-state index is -2.95. The van der Waals surface area contributed by atoms with E-state index < -0.39 is 77.3 Å². The van der Waals surface area contributed by atoms with Crippen molar-refractivity contribution in [3.05, 3.63) is 47.3 Å². The summed E-state index contributed by atoms with van der Waals surface area (Å²) < 4.78 is 52.3. The van der Waals surface area contributed by atoms with E-state index in [-0.39, 0.29) is 11.3 Å². The molecule has 0 saturated carbocycles. The first-order chi connectivity index (χ1) is 15.4. The molecule has 1 aliphatic rings. The number of halogens is 2. The maximum atomic E-state index is 15.3. The van der Waals surface area contributed by atoms with Crippen LogP contribution in [0.4, 0.5) is 25.0 Å². The van der Waals surface area contributed by atoms with Crippen molar-refractivity contribution in [1.29, 1.82) is 0 Å². The van der Waals surface area contributed by atoms with Gasteiger partial charge in [0.05, 0.1) is 12.0 Å². The van der Waals surface area contributed by atoms with Crippen molar-refractivity contribution in [2.75, 3.05) is 22.7 Å². The standard InChI is InChI=1S/C19H20F2N4O7S/c1-9-5-10(3-4-12(9)20)22-17(26)16-15(21)14(7-23(16)2)25(33(31)32)13-8-24(19(29)30)6-11(13)18(27)28/h3-5,7,11,13H,6,8H2,1-2H3,(H,22,26)(H,27,28)(H,29,30)(H,31,32)/t11-,13-/m0/s1. The summed E-state index contributed by atoms with van der Waals surface area (Å²) in [5.74, 6) is -5.50. The van der Waals surface area contributed by atoms with E-state index in [9.17, 15) is 37.7 Å². The van der Waals surface area contributed by atoms with Crippen LogP contribution < -0.4 is 9.62 Å². The zero-order valence-electron chi connectivity index (χ0n) is 17.4. The Morgan fingerprint density at radius 3 is 2.42 bits per heavy atom. The number of nitrogens with zero attached hydrogens (tertiary/aromatic N) is 3. The van der Waals surface area contributed by atoms with E-state index in [2.05, 4.69) is 5.32 Å². The molecule has 4 N–H and O–H groups in total. The zero-order valence-corrected chi connectivity index (χ0v) is 18.2. The minimum absolute atomic E-state index is 0.183. The zero-order chi connectivity index (χ0) is 24.6. The fourth-order valence-electron chi connectivity index (χ4n) is 3.71. The first-order valence-electron chi connectivity index (χ1n) is 9.45. The molecule has 14 heteroatoms. The fourth-order valence-corrected chi connectivity index (χ4v) is 4.45. The van der Waals surface area contributed by atoms with Crippen molar-refractivity contribution in [2.45, 2.75) is 13.0 Å². The highest BCUT2D eigenvalue weighted by atomic mass is 32.2. The summed E-state index contributed by atoms with van der Waals surface area (Å²) in [6, 6.07) is 2.35. The average Bonchev–Trinajstić information content (AvgIpc) is 3.27. The number of aliphatic carboxylic acids is 1. The van der Waals surface area contributed by atoms with Crippen LogP contribution in [0.2, 0.25) is 0 Å². The molecule has 1 unspecified atom stereocenters. The predicted octanol–water partition coefficient (Wildman–Crippen LogP) is 1.87. The number of carbonyl (C=O) groups is 3. The molecule has 3 rings (SSSR count). The van der Waals surface area contributed by atoms with Crippen LogP contribution >= 0.6 is 0 Å². The highest BCUT2D eigenvalue weighted by molar-refractivity contribution is 7.80. The molecule has 1 aromatic carbocycles. The monoisotopic (exact) mass is 486 g/mol. The number of amides is 2. The summed E-state index contributed by atoms with van der Waals surface area (Å²) in [4.78, 5) is 36.4. The maximum Gasteiger partial charge on any atom is 0.407 e. The van der Waals surface area contributed by atoms with E-state index in [0.29, 0.717) is 4.31 Å². The molecule has 2 heterocycles. The summed E-state index contributed by atoms with van der Waals surface area (Å²) in [5.41, 5.74) is -0.668. The van der Waals surface area contributed by atoms with Gasteiger partial charge in [0, 0.05) is 32.0 Å². The Hall–Kier alpha value is -3.52. The molecule has 1 saturated heterocycles. The lowest BCUT2D eigenvalue weighted by Gasteiger charge is -2.27. The third kappa shape index (κ3) is 4.66. The van der Waals surface area contributed by atoms with E-state index in [0.717, 1.165) is 21.7 Å². The van der Waals surface area contributed by atoms with E-state index in [1.54, 1.807) is 0 Å². The molecule has 2 amide bonds. The molecule has 11 nitrogen and oxygen atoms in total. The van der Waals surface area contributed by atoms with E-state index >= 15 is 4.39 Å². The van der Waals surface area contributed by atoms with Gasteiger partial charge in [-0.2, -0.15) is 0 Å². The number of carboxylic acid groups (broad SMARTS) is 2. The number of aryl methyl sites for hydroxylation is 2. The molecule has 2 aromatic rings. The molecular weight excluding hydrogens is 466 g/mol. The molecule has 0 spiro atoms. The molecule has 33 heavy (non-hydrogen) atoms. The van der Waals surface area contributed by atoms with Crippen molar-refractivity contribution < 1.29 is 42.1 Å². The van der Waals surface area contributed by atoms with Crippen LogP contribution in [0, 0.1) is 24.5 Å². The van der Waals surface area contributed by atoms with Gasteiger partial charge >= 0.3 is 12.1 Å². The number of carbonyl (C=O) groups excluding carboxylic acids is 1.